The first-order chi connectivity index (χ1) is 16.4. The molecule has 168 valence electrons. The van der Waals surface area contributed by atoms with Crippen molar-refractivity contribution in [1.29, 1.82) is 0 Å². The zero-order valence-electron chi connectivity index (χ0n) is 18.2. The lowest BCUT2D eigenvalue weighted by molar-refractivity contribution is -0.156. The Morgan fingerprint density at radius 2 is 0.618 bits per heavy atom. The predicted molar refractivity (Wildman–Crippen MR) is 127 cm³/mol. The topological polar surface area (TPSA) is 91.7 Å². The summed E-state index contributed by atoms with van der Waals surface area (Å²) in [4.78, 5) is 40.6. The Labute approximate surface area is 197 Å². The highest BCUT2D eigenvalue weighted by Crippen LogP contribution is 2.35. The standard InChI is InChI=1S/C29H22O5/c30-25(26(31)28(33,21-13-5-1-6-14-21)22-15-7-2-8-16-22)27(32)29(34,23-17-9-3-10-18-23)24-19-11-4-12-20-24/h1-20,33-34H. The number of aliphatic hydroxyl groups is 2. The van der Waals surface area contributed by atoms with Gasteiger partial charge in [-0.3, -0.25) is 14.4 Å². The second kappa shape index (κ2) is 9.35. The van der Waals surface area contributed by atoms with Crippen LogP contribution in [-0.2, 0) is 25.6 Å². The molecule has 0 aliphatic carbocycles. The van der Waals surface area contributed by atoms with Gasteiger partial charge >= 0.3 is 0 Å². The third-order valence-electron chi connectivity index (χ3n) is 5.84. The summed E-state index contributed by atoms with van der Waals surface area (Å²) in [5, 5.41) is 23.3. The Bertz CT molecular complexity index is 1120. The molecule has 5 nitrogen and oxygen atoms in total. The van der Waals surface area contributed by atoms with Crippen molar-refractivity contribution in [1.82, 2.24) is 0 Å². The van der Waals surface area contributed by atoms with E-state index in [2.05, 4.69) is 0 Å². The monoisotopic (exact) mass is 450 g/mol. The highest BCUT2D eigenvalue weighted by atomic mass is 16.3. The quantitative estimate of drug-likeness (QED) is 0.316. The molecule has 0 spiro atoms. The fourth-order valence-electron chi connectivity index (χ4n) is 4.01. The van der Waals surface area contributed by atoms with E-state index in [1.807, 2.05) is 0 Å². The fourth-order valence-corrected chi connectivity index (χ4v) is 4.01. The molecule has 0 saturated heterocycles. The summed E-state index contributed by atoms with van der Waals surface area (Å²) in [6.07, 6.45) is 0. The predicted octanol–water partition coefficient (Wildman–Crippen LogP) is 3.57. The molecule has 4 aromatic carbocycles. The lowest BCUT2D eigenvalue weighted by Crippen LogP contribution is -2.50. The molecule has 0 amide bonds. The average Bonchev–Trinajstić information content (AvgIpc) is 2.92. The van der Waals surface area contributed by atoms with Gasteiger partial charge in [-0.1, -0.05) is 121 Å². The van der Waals surface area contributed by atoms with Gasteiger partial charge in [0.25, 0.3) is 5.78 Å². The van der Waals surface area contributed by atoms with Crippen molar-refractivity contribution in [2.75, 3.05) is 0 Å². The van der Waals surface area contributed by atoms with Gasteiger partial charge in [0.2, 0.25) is 11.6 Å². The van der Waals surface area contributed by atoms with Gasteiger partial charge in [0.1, 0.15) is 0 Å². The average molecular weight is 450 g/mol. The number of hydrogen-bond acceptors (Lipinski definition) is 5. The lowest BCUT2D eigenvalue weighted by atomic mass is 9.76. The summed E-state index contributed by atoms with van der Waals surface area (Å²) in [7, 11) is 0. The number of carbonyl (C=O) groups excluding carboxylic acids is 3. The van der Waals surface area contributed by atoms with E-state index in [1.54, 1.807) is 72.8 Å². The first-order valence-electron chi connectivity index (χ1n) is 10.7. The van der Waals surface area contributed by atoms with Gasteiger partial charge in [-0.05, 0) is 22.3 Å². The van der Waals surface area contributed by atoms with Crippen LogP contribution >= 0.6 is 0 Å². The smallest absolute Gasteiger partial charge is 0.271 e. The minimum atomic E-state index is -2.41. The van der Waals surface area contributed by atoms with Crippen molar-refractivity contribution in [3.8, 4) is 0 Å². The molecule has 0 aliphatic heterocycles. The molecule has 0 atom stereocenters. The van der Waals surface area contributed by atoms with E-state index in [9.17, 15) is 24.6 Å². The van der Waals surface area contributed by atoms with Crippen molar-refractivity contribution < 1.29 is 24.6 Å². The summed E-state index contributed by atoms with van der Waals surface area (Å²) in [6.45, 7) is 0. The molecule has 0 radical (unpaired) electrons. The zero-order chi connectivity index (χ0) is 24.2. The molecule has 0 aromatic heterocycles. The van der Waals surface area contributed by atoms with Crippen LogP contribution in [0.5, 0.6) is 0 Å². The summed E-state index contributed by atoms with van der Waals surface area (Å²) < 4.78 is 0. The van der Waals surface area contributed by atoms with E-state index in [0.717, 1.165) is 0 Å². The fraction of sp³-hybridized carbons (Fsp3) is 0.0690. The molecular weight excluding hydrogens is 428 g/mol. The molecule has 2 N–H and O–H groups in total. The summed E-state index contributed by atoms with van der Waals surface area (Å²) >= 11 is 0. The molecule has 34 heavy (non-hydrogen) atoms. The van der Waals surface area contributed by atoms with Crippen molar-refractivity contribution in [3.05, 3.63) is 144 Å². The summed E-state index contributed by atoms with van der Waals surface area (Å²) in [5.74, 6) is -4.20. The van der Waals surface area contributed by atoms with Crippen LogP contribution in [0, 0.1) is 0 Å². The minimum Gasteiger partial charge on any atom is -0.373 e. The number of benzene rings is 4. The Morgan fingerprint density at radius 3 is 0.824 bits per heavy atom. The van der Waals surface area contributed by atoms with Gasteiger partial charge < -0.3 is 10.2 Å². The highest BCUT2D eigenvalue weighted by Gasteiger charge is 2.51. The maximum atomic E-state index is 13.6. The van der Waals surface area contributed by atoms with Crippen LogP contribution in [0.2, 0.25) is 0 Å². The van der Waals surface area contributed by atoms with E-state index in [-0.39, 0.29) is 22.3 Å². The number of carbonyl (C=O) groups is 3. The van der Waals surface area contributed by atoms with Gasteiger partial charge in [0.05, 0.1) is 0 Å². The van der Waals surface area contributed by atoms with Crippen molar-refractivity contribution in [3.63, 3.8) is 0 Å². The lowest BCUT2D eigenvalue weighted by Gasteiger charge is -2.30. The largest absolute Gasteiger partial charge is 0.373 e. The second-order valence-corrected chi connectivity index (χ2v) is 7.87. The summed E-state index contributed by atoms with van der Waals surface area (Å²) in [5.41, 5.74) is -4.29. The van der Waals surface area contributed by atoms with E-state index in [4.69, 9.17) is 0 Å². The molecule has 0 saturated carbocycles. The first-order valence-corrected chi connectivity index (χ1v) is 10.7. The van der Waals surface area contributed by atoms with Crippen LogP contribution in [-0.4, -0.2) is 27.6 Å². The van der Waals surface area contributed by atoms with Gasteiger partial charge in [0, 0.05) is 0 Å². The Kier molecular flexibility index (Phi) is 6.32. The third kappa shape index (κ3) is 3.88. The molecule has 4 aromatic rings. The molecular formula is C29H22O5. The van der Waals surface area contributed by atoms with Crippen molar-refractivity contribution in [2.24, 2.45) is 0 Å². The van der Waals surface area contributed by atoms with Crippen LogP contribution in [0.25, 0.3) is 0 Å². The minimum absolute atomic E-state index is 0.135. The molecule has 4 rings (SSSR count). The maximum Gasteiger partial charge on any atom is 0.271 e. The second-order valence-electron chi connectivity index (χ2n) is 7.87. The number of rotatable bonds is 8. The van der Waals surface area contributed by atoms with Gasteiger partial charge in [-0.15, -0.1) is 0 Å². The van der Waals surface area contributed by atoms with Crippen LogP contribution in [0.15, 0.2) is 121 Å². The van der Waals surface area contributed by atoms with Gasteiger partial charge in [-0.25, -0.2) is 0 Å². The molecule has 0 unspecified atom stereocenters. The van der Waals surface area contributed by atoms with E-state index < -0.39 is 28.6 Å². The van der Waals surface area contributed by atoms with E-state index in [0.29, 0.717) is 0 Å². The maximum absolute atomic E-state index is 13.6. The van der Waals surface area contributed by atoms with Crippen LogP contribution < -0.4 is 0 Å². The third-order valence-corrected chi connectivity index (χ3v) is 5.84. The zero-order valence-corrected chi connectivity index (χ0v) is 18.2. The molecule has 0 bridgehead atoms. The number of Topliss-reactive ketones (excluding diaryl/α,β-unsaturated/α-hetero) is 3. The molecule has 5 heteroatoms. The van der Waals surface area contributed by atoms with Crippen LogP contribution in [0.1, 0.15) is 22.3 Å². The Hall–Kier alpha value is -4.19. The van der Waals surface area contributed by atoms with E-state index in [1.165, 1.54) is 48.5 Å². The van der Waals surface area contributed by atoms with Crippen molar-refractivity contribution in [2.45, 2.75) is 11.2 Å². The Balaban J connectivity index is 1.84. The highest BCUT2D eigenvalue weighted by molar-refractivity contribution is 6.67. The molecule has 0 fully saturated rings. The number of ketones is 3. The normalized spacial score (nSPS) is 11.6. The molecule has 0 aliphatic rings. The first kappa shape index (κ1) is 23.0. The van der Waals surface area contributed by atoms with Crippen LogP contribution in [0.4, 0.5) is 0 Å². The van der Waals surface area contributed by atoms with E-state index >= 15 is 0 Å². The molecule has 0 heterocycles. The van der Waals surface area contributed by atoms with Gasteiger partial charge in [0.15, 0.2) is 11.2 Å². The summed E-state index contributed by atoms with van der Waals surface area (Å²) in [6, 6.07) is 31.8. The SMILES string of the molecule is O=C(C(=O)C(O)(c1ccccc1)c1ccccc1)C(=O)C(O)(c1ccccc1)c1ccccc1. The number of hydrogen-bond donors (Lipinski definition) is 2. The van der Waals surface area contributed by atoms with Crippen molar-refractivity contribution >= 4 is 17.3 Å². The van der Waals surface area contributed by atoms with Gasteiger partial charge in [-0.2, -0.15) is 0 Å². The van der Waals surface area contributed by atoms with Crippen LogP contribution in [0.3, 0.4) is 0 Å². The Morgan fingerprint density at radius 1 is 0.412 bits per heavy atom.